The minimum absolute atomic E-state index is 0.112. The molecule has 2 aromatic carbocycles. The van der Waals surface area contributed by atoms with Crippen molar-refractivity contribution in [3.63, 3.8) is 0 Å². The summed E-state index contributed by atoms with van der Waals surface area (Å²) >= 11 is 7.52. The Labute approximate surface area is 166 Å². The molecule has 1 amide bonds. The summed E-state index contributed by atoms with van der Waals surface area (Å²) in [5, 5.41) is 3.72. The first-order valence-electron chi connectivity index (χ1n) is 8.59. The van der Waals surface area contributed by atoms with Gasteiger partial charge < -0.3 is 5.32 Å². The number of aromatic nitrogens is 2. The van der Waals surface area contributed by atoms with Gasteiger partial charge >= 0.3 is 0 Å². The second kappa shape index (κ2) is 7.18. The highest BCUT2D eigenvalue weighted by molar-refractivity contribution is 7.17. The molecule has 0 radical (unpaired) electrons. The van der Waals surface area contributed by atoms with Crippen LogP contribution in [-0.4, -0.2) is 15.3 Å². The molecule has 0 bridgehead atoms. The summed E-state index contributed by atoms with van der Waals surface area (Å²) in [5.74, 6) is -0.112. The smallest absolute Gasteiger partial charge is 0.270 e. The average Bonchev–Trinajstić information content (AvgIpc) is 3.15. The number of halogens is 1. The molecule has 0 aliphatic rings. The number of hydrogen-bond acceptors (Lipinski definition) is 3. The van der Waals surface area contributed by atoms with Crippen molar-refractivity contribution >= 4 is 33.8 Å². The van der Waals surface area contributed by atoms with Crippen LogP contribution in [0.5, 0.6) is 0 Å². The van der Waals surface area contributed by atoms with Crippen molar-refractivity contribution in [1.82, 2.24) is 14.7 Å². The highest BCUT2D eigenvalue weighted by Gasteiger charge is 2.17. The summed E-state index contributed by atoms with van der Waals surface area (Å²) in [5.41, 5.74) is 4.62. The van der Waals surface area contributed by atoms with Crippen LogP contribution in [0.15, 0.2) is 54.7 Å². The Morgan fingerprint density at radius 2 is 1.70 bits per heavy atom. The van der Waals surface area contributed by atoms with E-state index in [4.69, 9.17) is 11.6 Å². The van der Waals surface area contributed by atoms with Crippen LogP contribution in [-0.2, 0) is 6.54 Å². The van der Waals surface area contributed by atoms with Crippen LogP contribution in [0.25, 0.3) is 16.1 Å². The number of imidazole rings is 1. The molecule has 6 heteroatoms. The third-order valence-electron chi connectivity index (χ3n) is 4.42. The molecule has 1 N–H and O–H groups in total. The Balaban J connectivity index is 1.47. The molecule has 0 unspecified atom stereocenters. The Kier molecular flexibility index (Phi) is 4.72. The van der Waals surface area contributed by atoms with Gasteiger partial charge in [0.2, 0.25) is 0 Å². The maximum atomic E-state index is 12.7. The van der Waals surface area contributed by atoms with E-state index in [0.717, 1.165) is 37.2 Å². The number of thiazole rings is 1. The maximum Gasteiger partial charge on any atom is 0.270 e. The number of fused-ring (bicyclic) bond motifs is 1. The number of aryl methyl sites for hydroxylation is 2. The van der Waals surface area contributed by atoms with E-state index in [1.54, 1.807) is 11.3 Å². The molecule has 2 heterocycles. The molecule has 0 aliphatic carbocycles. The highest BCUT2D eigenvalue weighted by atomic mass is 35.5. The van der Waals surface area contributed by atoms with Gasteiger partial charge in [-0.3, -0.25) is 9.20 Å². The van der Waals surface area contributed by atoms with E-state index >= 15 is 0 Å². The molecular weight excluding hydrogens is 378 g/mol. The number of nitrogens with one attached hydrogen (secondary N) is 1. The van der Waals surface area contributed by atoms with E-state index in [0.29, 0.717) is 12.2 Å². The second-order valence-electron chi connectivity index (χ2n) is 6.43. The monoisotopic (exact) mass is 395 g/mol. The fraction of sp³-hybridized carbons (Fsp3) is 0.143. The molecule has 0 spiro atoms. The van der Waals surface area contributed by atoms with E-state index in [1.807, 2.05) is 60.8 Å². The van der Waals surface area contributed by atoms with Gasteiger partial charge in [-0.1, -0.05) is 48.0 Å². The summed E-state index contributed by atoms with van der Waals surface area (Å²) in [6.07, 6.45) is 1.95. The summed E-state index contributed by atoms with van der Waals surface area (Å²) in [6, 6.07) is 15.9. The van der Waals surface area contributed by atoms with Crippen molar-refractivity contribution in [3.8, 4) is 11.1 Å². The first kappa shape index (κ1) is 17.8. The van der Waals surface area contributed by atoms with Gasteiger partial charge in [0.05, 0.1) is 5.69 Å². The van der Waals surface area contributed by atoms with Crippen molar-refractivity contribution in [1.29, 1.82) is 0 Å². The van der Waals surface area contributed by atoms with Gasteiger partial charge in [0.25, 0.3) is 5.91 Å². The molecule has 4 aromatic rings. The number of nitrogens with zero attached hydrogens (tertiary/aromatic N) is 2. The van der Waals surface area contributed by atoms with E-state index < -0.39 is 0 Å². The normalized spacial score (nSPS) is 11.1. The van der Waals surface area contributed by atoms with Crippen molar-refractivity contribution in [2.75, 3.05) is 0 Å². The molecule has 0 saturated heterocycles. The fourth-order valence-electron chi connectivity index (χ4n) is 3.06. The molecule has 0 aliphatic heterocycles. The Morgan fingerprint density at radius 3 is 2.37 bits per heavy atom. The van der Waals surface area contributed by atoms with Gasteiger partial charge in [0, 0.05) is 22.6 Å². The zero-order valence-corrected chi connectivity index (χ0v) is 16.6. The average molecular weight is 396 g/mol. The van der Waals surface area contributed by atoms with Crippen LogP contribution < -0.4 is 5.32 Å². The van der Waals surface area contributed by atoms with Gasteiger partial charge in [0.15, 0.2) is 4.96 Å². The maximum absolute atomic E-state index is 12.7. The van der Waals surface area contributed by atoms with Crippen molar-refractivity contribution in [3.05, 3.63) is 81.6 Å². The predicted octanol–water partition coefficient (Wildman–Crippen LogP) is 5.26. The van der Waals surface area contributed by atoms with Crippen molar-refractivity contribution < 1.29 is 4.79 Å². The topological polar surface area (TPSA) is 46.4 Å². The minimum Gasteiger partial charge on any atom is -0.347 e. The summed E-state index contributed by atoms with van der Waals surface area (Å²) in [6.45, 7) is 4.35. The fourth-order valence-corrected chi connectivity index (χ4v) is 4.06. The van der Waals surface area contributed by atoms with Crippen LogP contribution >= 0.6 is 22.9 Å². The zero-order valence-electron chi connectivity index (χ0n) is 15.0. The van der Waals surface area contributed by atoms with Crippen LogP contribution in [0.2, 0.25) is 5.02 Å². The largest absolute Gasteiger partial charge is 0.347 e. The Hall–Kier alpha value is -2.63. The van der Waals surface area contributed by atoms with E-state index in [-0.39, 0.29) is 5.91 Å². The molecule has 4 rings (SSSR count). The minimum atomic E-state index is -0.112. The molecular formula is C21H18ClN3OS. The third-order valence-corrected chi connectivity index (χ3v) is 5.57. The summed E-state index contributed by atoms with van der Waals surface area (Å²) in [7, 11) is 0. The second-order valence-corrected chi connectivity index (χ2v) is 8.08. The predicted molar refractivity (Wildman–Crippen MR) is 111 cm³/mol. The number of carbonyl (C=O) groups is 1. The van der Waals surface area contributed by atoms with E-state index in [1.165, 1.54) is 0 Å². The van der Waals surface area contributed by atoms with Crippen LogP contribution in [0.4, 0.5) is 0 Å². The summed E-state index contributed by atoms with van der Waals surface area (Å²) in [4.78, 5) is 19.1. The lowest BCUT2D eigenvalue weighted by molar-refractivity contribution is 0.0944. The molecule has 2 aromatic heterocycles. The van der Waals surface area contributed by atoms with Gasteiger partial charge in [-0.25, -0.2) is 4.98 Å². The number of benzene rings is 2. The number of hydrogen-bond donors (Lipinski definition) is 1. The van der Waals surface area contributed by atoms with Crippen LogP contribution in [0.1, 0.15) is 26.6 Å². The zero-order chi connectivity index (χ0) is 19.0. The molecule has 0 atom stereocenters. The lowest BCUT2D eigenvalue weighted by Crippen LogP contribution is -2.24. The highest BCUT2D eigenvalue weighted by Crippen LogP contribution is 2.23. The van der Waals surface area contributed by atoms with Crippen molar-refractivity contribution in [2.45, 2.75) is 20.4 Å². The lowest BCUT2D eigenvalue weighted by Gasteiger charge is -2.07. The third kappa shape index (κ3) is 3.61. The standard InChI is InChI=1S/C21H18ClN3OS/c1-13-12-25-19(14(2)24-21(25)27-13)20(26)23-11-15-3-5-16(6-4-15)17-7-9-18(22)10-8-17/h3-10,12H,11H2,1-2H3,(H,23,26). The molecule has 4 nitrogen and oxygen atoms in total. The molecule has 27 heavy (non-hydrogen) atoms. The van der Waals surface area contributed by atoms with Crippen molar-refractivity contribution in [2.24, 2.45) is 0 Å². The Morgan fingerprint density at radius 1 is 1.07 bits per heavy atom. The van der Waals surface area contributed by atoms with Gasteiger partial charge in [0.1, 0.15) is 5.69 Å². The lowest BCUT2D eigenvalue weighted by atomic mass is 10.0. The number of amides is 1. The van der Waals surface area contributed by atoms with Crippen LogP contribution in [0, 0.1) is 13.8 Å². The molecule has 0 saturated carbocycles. The number of rotatable bonds is 4. The first-order valence-corrected chi connectivity index (χ1v) is 9.79. The van der Waals surface area contributed by atoms with Gasteiger partial charge in [-0.2, -0.15) is 0 Å². The Bertz CT molecular complexity index is 1110. The molecule has 136 valence electrons. The van der Waals surface area contributed by atoms with E-state index in [2.05, 4.69) is 22.4 Å². The SMILES string of the molecule is Cc1cn2c(C(=O)NCc3ccc(-c4ccc(Cl)cc4)cc3)c(C)nc2s1. The van der Waals surface area contributed by atoms with Crippen LogP contribution in [0.3, 0.4) is 0 Å². The number of carbonyl (C=O) groups excluding carboxylic acids is 1. The summed E-state index contributed by atoms with van der Waals surface area (Å²) < 4.78 is 1.87. The quantitative estimate of drug-likeness (QED) is 0.512. The molecule has 0 fully saturated rings. The van der Waals surface area contributed by atoms with E-state index in [9.17, 15) is 4.79 Å². The van der Waals surface area contributed by atoms with Gasteiger partial charge in [-0.05, 0) is 42.7 Å². The first-order chi connectivity index (χ1) is 13.0. The van der Waals surface area contributed by atoms with Gasteiger partial charge in [-0.15, -0.1) is 11.3 Å².